The number of hydrogen-bond donors (Lipinski definition) is 5. The molecular formula is C19H29BN2O5. The average molecular weight is 376 g/mol. The smallest absolute Gasteiger partial charge is 0.451 e. The Kier molecular flexibility index (Phi) is 6.42. The van der Waals surface area contributed by atoms with Gasteiger partial charge in [0.25, 0.3) is 0 Å². The van der Waals surface area contributed by atoms with Crippen molar-refractivity contribution in [2.75, 3.05) is 6.61 Å². The summed E-state index contributed by atoms with van der Waals surface area (Å²) in [6.45, 7) is 1.51. The van der Waals surface area contributed by atoms with Gasteiger partial charge in [0.05, 0.1) is 6.61 Å². The molecule has 1 aromatic rings. The number of aliphatic carboxylic acids is 1. The number of carboxylic acid groups (broad SMARTS) is 1. The average Bonchev–Trinajstić information content (AvgIpc) is 3.04. The molecule has 148 valence electrons. The number of nitrogens with two attached hydrogens (primary N) is 1. The normalized spacial score (nSPS) is 23.1. The van der Waals surface area contributed by atoms with Crippen LogP contribution in [0.1, 0.15) is 43.2 Å². The first kappa shape index (κ1) is 20.1. The molecule has 2 aliphatic rings. The van der Waals surface area contributed by atoms with E-state index in [9.17, 15) is 9.90 Å². The summed E-state index contributed by atoms with van der Waals surface area (Å²) in [7, 11) is -1.34. The predicted octanol–water partition coefficient (Wildman–Crippen LogP) is 0.915. The fourth-order valence-electron chi connectivity index (χ4n) is 4.05. The molecule has 0 aromatic heterocycles. The molecule has 1 unspecified atom stereocenters. The number of carbonyl (C=O) groups is 1. The van der Waals surface area contributed by atoms with Crippen LogP contribution in [0.2, 0.25) is 6.32 Å². The molecule has 27 heavy (non-hydrogen) atoms. The summed E-state index contributed by atoms with van der Waals surface area (Å²) in [6.07, 6.45) is 4.19. The molecule has 1 aromatic carbocycles. The largest absolute Gasteiger partial charge is 0.493 e. The van der Waals surface area contributed by atoms with E-state index in [-0.39, 0.29) is 18.3 Å². The highest BCUT2D eigenvalue weighted by molar-refractivity contribution is 6.40. The van der Waals surface area contributed by atoms with Crippen LogP contribution in [0.5, 0.6) is 5.75 Å². The first-order chi connectivity index (χ1) is 12.9. The minimum absolute atomic E-state index is 0.0556. The molecule has 1 aliphatic heterocycles. The summed E-state index contributed by atoms with van der Waals surface area (Å²) in [5.74, 6) is -0.0420. The molecule has 1 fully saturated rings. The molecule has 0 spiro atoms. The molecule has 8 heteroatoms. The van der Waals surface area contributed by atoms with Crippen molar-refractivity contribution in [2.45, 2.75) is 63.0 Å². The zero-order valence-corrected chi connectivity index (χ0v) is 15.6. The van der Waals surface area contributed by atoms with Crippen LogP contribution in [0.15, 0.2) is 18.2 Å². The lowest BCUT2D eigenvalue weighted by Gasteiger charge is -2.45. The van der Waals surface area contributed by atoms with Crippen LogP contribution in [-0.4, -0.2) is 46.4 Å². The summed E-state index contributed by atoms with van der Waals surface area (Å²) >= 11 is 0. The molecular weight excluding hydrogens is 347 g/mol. The van der Waals surface area contributed by atoms with Crippen molar-refractivity contribution in [3.8, 4) is 5.75 Å². The van der Waals surface area contributed by atoms with Crippen LogP contribution in [0.4, 0.5) is 0 Å². The van der Waals surface area contributed by atoms with Crippen LogP contribution in [0.3, 0.4) is 0 Å². The second-order valence-electron chi connectivity index (χ2n) is 7.86. The van der Waals surface area contributed by atoms with E-state index in [1.165, 1.54) is 11.1 Å². The van der Waals surface area contributed by atoms with Gasteiger partial charge in [-0.1, -0.05) is 25.0 Å². The molecule has 6 N–H and O–H groups in total. The lowest BCUT2D eigenvalue weighted by atomic mass is 9.66. The van der Waals surface area contributed by atoms with Gasteiger partial charge in [-0.2, -0.15) is 0 Å². The molecule has 0 saturated heterocycles. The van der Waals surface area contributed by atoms with Crippen LogP contribution >= 0.6 is 0 Å². The topological polar surface area (TPSA) is 125 Å². The Morgan fingerprint density at radius 2 is 2.11 bits per heavy atom. The van der Waals surface area contributed by atoms with Gasteiger partial charge in [0, 0.05) is 19.0 Å². The number of nitrogens with one attached hydrogen (secondary N) is 1. The Morgan fingerprint density at radius 3 is 2.81 bits per heavy atom. The Balaban J connectivity index is 1.44. The Hall–Kier alpha value is -1.61. The van der Waals surface area contributed by atoms with E-state index in [0.717, 1.165) is 38.2 Å². The molecule has 1 heterocycles. The van der Waals surface area contributed by atoms with Crippen LogP contribution < -0.4 is 15.8 Å². The first-order valence-electron chi connectivity index (χ1n) is 9.75. The van der Waals surface area contributed by atoms with Crippen molar-refractivity contribution in [1.29, 1.82) is 0 Å². The Morgan fingerprint density at radius 1 is 1.33 bits per heavy atom. The lowest BCUT2D eigenvalue weighted by molar-refractivity contribution is -0.148. The number of benzene rings is 1. The maximum atomic E-state index is 11.7. The minimum Gasteiger partial charge on any atom is -0.493 e. The molecule has 0 amide bonds. The van der Waals surface area contributed by atoms with Gasteiger partial charge >= 0.3 is 13.1 Å². The number of unbranched alkanes of at least 4 members (excludes halogenated alkanes) is 1. The van der Waals surface area contributed by atoms with Gasteiger partial charge in [-0.3, -0.25) is 4.79 Å². The fourth-order valence-corrected chi connectivity index (χ4v) is 4.05. The van der Waals surface area contributed by atoms with Crippen molar-refractivity contribution in [3.63, 3.8) is 0 Å². The molecule has 0 radical (unpaired) electrons. The number of hydrogen-bond acceptors (Lipinski definition) is 6. The van der Waals surface area contributed by atoms with Gasteiger partial charge in [0.2, 0.25) is 0 Å². The zero-order chi connectivity index (χ0) is 19.4. The van der Waals surface area contributed by atoms with Crippen LogP contribution in [0.25, 0.3) is 0 Å². The molecule has 1 atom stereocenters. The number of carboxylic acids is 1. The van der Waals surface area contributed by atoms with E-state index < -0.39 is 18.6 Å². The Labute approximate surface area is 160 Å². The van der Waals surface area contributed by atoms with Crippen molar-refractivity contribution in [3.05, 3.63) is 29.3 Å². The highest BCUT2D eigenvalue weighted by Crippen LogP contribution is 2.38. The quantitative estimate of drug-likeness (QED) is 0.304. The van der Waals surface area contributed by atoms with Gasteiger partial charge < -0.3 is 30.9 Å². The van der Waals surface area contributed by atoms with Crippen molar-refractivity contribution in [2.24, 2.45) is 11.7 Å². The molecule has 1 aliphatic carbocycles. The zero-order valence-electron chi connectivity index (χ0n) is 15.6. The van der Waals surface area contributed by atoms with Crippen molar-refractivity contribution >= 4 is 13.1 Å². The summed E-state index contributed by atoms with van der Waals surface area (Å²) < 4.78 is 5.52. The second kappa shape index (κ2) is 8.60. The highest BCUT2D eigenvalue weighted by Gasteiger charge is 2.48. The SMILES string of the molecule is NC(CCCCB(O)O)(C(=O)O)C1CC(NCc2ccc3c(c2)CCO3)C1. The molecule has 0 bridgehead atoms. The van der Waals surface area contributed by atoms with E-state index in [1.807, 2.05) is 6.07 Å². The maximum absolute atomic E-state index is 11.7. The van der Waals surface area contributed by atoms with Gasteiger partial charge in [-0.05, 0) is 48.7 Å². The van der Waals surface area contributed by atoms with Crippen LogP contribution in [0, 0.1) is 5.92 Å². The molecule has 3 rings (SSSR count). The maximum Gasteiger partial charge on any atom is 0.451 e. The highest BCUT2D eigenvalue weighted by atomic mass is 16.5. The van der Waals surface area contributed by atoms with E-state index in [1.54, 1.807) is 0 Å². The van der Waals surface area contributed by atoms with E-state index >= 15 is 0 Å². The number of fused-ring (bicyclic) bond motifs is 1. The van der Waals surface area contributed by atoms with Gasteiger partial charge in [0.1, 0.15) is 11.3 Å². The summed E-state index contributed by atoms with van der Waals surface area (Å²) in [4.78, 5) is 11.7. The summed E-state index contributed by atoms with van der Waals surface area (Å²) in [5, 5.41) is 30.9. The van der Waals surface area contributed by atoms with E-state index in [0.29, 0.717) is 19.3 Å². The third kappa shape index (κ3) is 4.82. The minimum atomic E-state index is -1.34. The third-order valence-corrected chi connectivity index (χ3v) is 5.92. The monoisotopic (exact) mass is 376 g/mol. The van der Waals surface area contributed by atoms with Gasteiger partial charge in [-0.25, -0.2) is 0 Å². The predicted molar refractivity (Wildman–Crippen MR) is 102 cm³/mol. The standard InChI is InChI=1S/C19H29BN2O5/c21-19(18(23)24,6-1-2-7-20(25)26)15-10-16(11-15)22-12-13-3-4-17-14(9-13)5-8-27-17/h3-4,9,15-16,22,25-26H,1-2,5-8,10-12,21H2,(H,23,24). The first-order valence-corrected chi connectivity index (χ1v) is 9.75. The number of rotatable bonds is 10. The molecule has 1 saturated carbocycles. The third-order valence-electron chi connectivity index (χ3n) is 5.92. The van der Waals surface area contributed by atoms with Crippen LogP contribution in [-0.2, 0) is 17.8 Å². The van der Waals surface area contributed by atoms with E-state index in [2.05, 4.69) is 17.4 Å². The summed E-state index contributed by atoms with van der Waals surface area (Å²) in [6, 6.07) is 6.53. The van der Waals surface area contributed by atoms with Gasteiger partial charge in [0.15, 0.2) is 0 Å². The second-order valence-corrected chi connectivity index (χ2v) is 7.86. The number of ether oxygens (including phenoxy) is 1. The van der Waals surface area contributed by atoms with E-state index in [4.69, 9.17) is 20.5 Å². The van der Waals surface area contributed by atoms with Crippen molar-refractivity contribution < 1.29 is 24.7 Å². The summed E-state index contributed by atoms with van der Waals surface area (Å²) in [5.41, 5.74) is 7.46. The van der Waals surface area contributed by atoms with Crippen molar-refractivity contribution in [1.82, 2.24) is 5.32 Å². The lowest BCUT2D eigenvalue weighted by Crippen LogP contribution is -2.61. The van der Waals surface area contributed by atoms with Gasteiger partial charge in [-0.15, -0.1) is 0 Å². The fraction of sp³-hybridized carbons (Fsp3) is 0.632. The Bertz CT molecular complexity index is 666. The molecule has 7 nitrogen and oxygen atoms in total.